The summed E-state index contributed by atoms with van der Waals surface area (Å²) >= 11 is 5.88. The Hall–Kier alpha value is -2.66. The van der Waals surface area contributed by atoms with Crippen molar-refractivity contribution in [1.82, 2.24) is 4.90 Å². The SMILES string of the molecule is O=C(/C=C/c1cccc(Cl)c1)OCC(=O)N(Cc1ccccc1F)C1CC1. The van der Waals surface area contributed by atoms with Gasteiger partial charge >= 0.3 is 5.97 Å². The highest BCUT2D eigenvalue weighted by Gasteiger charge is 2.33. The van der Waals surface area contributed by atoms with Gasteiger partial charge in [0.15, 0.2) is 6.61 Å². The van der Waals surface area contributed by atoms with E-state index in [4.69, 9.17) is 16.3 Å². The van der Waals surface area contributed by atoms with Crippen molar-refractivity contribution in [3.8, 4) is 0 Å². The van der Waals surface area contributed by atoms with Crippen LogP contribution in [0.2, 0.25) is 5.02 Å². The number of hydrogen-bond acceptors (Lipinski definition) is 3. The molecule has 1 aliphatic rings. The van der Waals surface area contributed by atoms with Gasteiger partial charge in [0.2, 0.25) is 0 Å². The first-order valence-corrected chi connectivity index (χ1v) is 9.04. The van der Waals surface area contributed by atoms with Gasteiger partial charge in [-0.2, -0.15) is 0 Å². The largest absolute Gasteiger partial charge is 0.452 e. The van der Waals surface area contributed by atoms with Crippen LogP contribution in [-0.4, -0.2) is 29.4 Å². The van der Waals surface area contributed by atoms with E-state index in [9.17, 15) is 14.0 Å². The van der Waals surface area contributed by atoms with Crippen LogP contribution in [0.3, 0.4) is 0 Å². The maximum Gasteiger partial charge on any atom is 0.331 e. The predicted octanol–water partition coefficient (Wildman–Crippen LogP) is 4.23. The second-order valence-electron chi connectivity index (χ2n) is 6.34. The van der Waals surface area contributed by atoms with Gasteiger partial charge in [-0.05, 0) is 42.7 Å². The number of esters is 1. The van der Waals surface area contributed by atoms with Crippen molar-refractivity contribution in [2.45, 2.75) is 25.4 Å². The number of ether oxygens (including phenoxy) is 1. The summed E-state index contributed by atoms with van der Waals surface area (Å²) in [5.74, 6) is -1.30. The smallest absolute Gasteiger partial charge is 0.331 e. The highest BCUT2D eigenvalue weighted by Crippen LogP contribution is 2.29. The van der Waals surface area contributed by atoms with Crippen molar-refractivity contribution in [3.63, 3.8) is 0 Å². The summed E-state index contributed by atoms with van der Waals surface area (Å²) in [7, 11) is 0. The molecule has 2 aromatic rings. The number of hydrogen-bond donors (Lipinski definition) is 0. The van der Waals surface area contributed by atoms with E-state index in [2.05, 4.69) is 0 Å². The molecule has 0 spiro atoms. The monoisotopic (exact) mass is 387 g/mol. The Morgan fingerprint density at radius 1 is 1.19 bits per heavy atom. The average molecular weight is 388 g/mol. The molecule has 1 aliphatic carbocycles. The second-order valence-corrected chi connectivity index (χ2v) is 6.78. The molecule has 140 valence electrons. The summed E-state index contributed by atoms with van der Waals surface area (Å²) in [5.41, 5.74) is 1.20. The summed E-state index contributed by atoms with van der Waals surface area (Å²) in [6.07, 6.45) is 4.57. The Morgan fingerprint density at radius 3 is 2.67 bits per heavy atom. The highest BCUT2D eigenvalue weighted by atomic mass is 35.5. The third kappa shape index (κ3) is 5.66. The van der Waals surface area contributed by atoms with E-state index in [1.807, 2.05) is 0 Å². The minimum atomic E-state index is -0.620. The van der Waals surface area contributed by atoms with Crippen LogP contribution in [0.1, 0.15) is 24.0 Å². The lowest BCUT2D eigenvalue weighted by atomic mass is 10.2. The molecular formula is C21H19ClFNO3. The normalized spacial score (nSPS) is 13.6. The van der Waals surface area contributed by atoms with Crippen molar-refractivity contribution < 1.29 is 18.7 Å². The minimum Gasteiger partial charge on any atom is -0.452 e. The van der Waals surface area contributed by atoms with Crippen molar-refractivity contribution in [2.24, 2.45) is 0 Å². The molecule has 1 fully saturated rings. The zero-order valence-corrected chi connectivity index (χ0v) is 15.4. The number of carbonyl (C=O) groups excluding carboxylic acids is 2. The van der Waals surface area contributed by atoms with Crippen molar-refractivity contribution in [3.05, 3.63) is 76.6 Å². The first kappa shape index (κ1) is 19.1. The number of amides is 1. The maximum atomic E-state index is 13.9. The lowest BCUT2D eigenvalue weighted by Crippen LogP contribution is -2.36. The first-order chi connectivity index (χ1) is 13.0. The molecule has 0 aromatic heterocycles. The third-order valence-corrected chi connectivity index (χ3v) is 4.44. The zero-order chi connectivity index (χ0) is 19.2. The lowest BCUT2D eigenvalue weighted by Gasteiger charge is -2.22. The fourth-order valence-corrected chi connectivity index (χ4v) is 2.85. The molecule has 1 amide bonds. The molecule has 0 N–H and O–H groups in total. The van der Waals surface area contributed by atoms with Crippen LogP contribution < -0.4 is 0 Å². The van der Waals surface area contributed by atoms with E-state index in [-0.39, 0.29) is 30.9 Å². The van der Waals surface area contributed by atoms with E-state index < -0.39 is 5.97 Å². The fraction of sp³-hybridized carbons (Fsp3) is 0.238. The van der Waals surface area contributed by atoms with Gasteiger partial charge in [-0.15, -0.1) is 0 Å². The van der Waals surface area contributed by atoms with E-state index >= 15 is 0 Å². The molecule has 27 heavy (non-hydrogen) atoms. The Bertz CT molecular complexity index is 864. The number of halogens is 2. The van der Waals surface area contributed by atoms with E-state index in [1.165, 1.54) is 12.1 Å². The van der Waals surface area contributed by atoms with Gasteiger partial charge in [-0.3, -0.25) is 4.79 Å². The molecule has 0 unspecified atom stereocenters. The zero-order valence-electron chi connectivity index (χ0n) is 14.6. The Labute approximate surface area is 162 Å². The molecule has 1 saturated carbocycles. The topological polar surface area (TPSA) is 46.6 Å². The number of rotatable bonds is 7. The van der Waals surface area contributed by atoms with E-state index in [0.717, 1.165) is 18.4 Å². The summed E-state index contributed by atoms with van der Waals surface area (Å²) in [6.45, 7) is -0.199. The third-order valence-electron chi connectivity index (χ3n) is 4.20. The molecular weight excluding hydrogens is 369 g/mol. The summed E-state index contributed by atoms with van der Waals surface area (Å²) < 4.78 is 18.9. The van der Waals surface area contributed by atoms with Crippen LogP contribution in [-0.2, 0) is 20.9 Å². The van der Waals surface area contributed by atoms with Gasteiger partial charge in [0.1, 0.15) is 5.82 Å². The molecule has 0 bridgehead atoms. The van der Waals surface area contributed by atoms with Crippen molar-refractivity contribution in [2.75, 3.05) is 6.61 Å². The van der Waals surface area contributed by atoms with Gasteiger partial charge in [0.25, 0.3) is 5.91 Å². The minimum absolute atomic E-state index is 0.0813. The molecule has 0 radical (unpaired) electrons. The Balaban J connectivity index is 1.55. The standard InChI is InChI=1S/C21H19ClFNO3/c22-17-6-3-4-15(12-17)8-11-21(26)27-14-20(25)24(18-9-10-18)13-16-5-1-2-7-19(16)23/h1-8,11-12,18H,9-10,13-14H2/b11-8+. The van der Waals surface area contributed by atoms with Gasteiger partial charge in [0.05, 0.1) is 0 Å². The van der Waals surface area contributed by atoms with Crippen LogP contribution >= 0.6 is 11.6 Å². The second kappa shape index (κ2) is 8.82. The first-order valence-electron chi connectivity index (χ1n) is 8.66. The molecule has 0 heterocycles. The molecule has 4 nitrogen and oxygen atoms in total. The van der Waals surface area contributed by atoms with E-state index in [0.29, 0.717) is 10.6 Å². The molecule has 0 atom stereocenters. The summed E-state index contributed by atoms with van der Waals surface area (Å²) in [5, 5.41) is 0.564. The molecule has 0 aliphatic heterocycles. The van der Waals surface area contributed by atoms with Crippen LogP contribution in [0.25, 0.3) is 6.08 Å². The van der Waals surface area contributed by atoms with Gasteiger partial charge in [-0.1, -0.05) is 41.9 Å². The quantitative estimate of drug-likeness (QED) is 0.527. The van der Waals surface area contributed by atoms with Gasteiger partial charge < -0.3 is 9.64 Å². The molecule has 3 rings (SSSR count). The van der Waals surface area contributed by atoms with E-state index in [1.54, 1.807) is 53.4 Å². The lowest BCUT2D eigenvalue weighted by molar-refractivity contribution is -0.148. The summed E-state index contributed by atoms with van der Waals surface area (Å²) in [6, 6.07) is 13.4. The average Bonchev–Trinajstić information content (AvgIpc) is 3.49. The summed E-state index contributed by atoms with van der Waals surface area (Å²) in [4.78, 5) is 25.9. The predicted molar refractivity (Wildman–Crippen MR) is 101 cm³/mol. The maximum absolute atomic E-state index is 13.9. The Kier molecular flexibility index (Phi) is 6.24. The number of nitrogens with zero attached hydrogens (tertiary/aromatic N) is 1. The van der Waals surface area contributed by atoms with Crippen molar-refractivity contribution >= 4 is 29.6 Å². The molecule has 6 heteroatoms. The van der Waals surface area contributed by atoms with Crippen LogP contribution in [0.4, 0.5) is 4.39 Å². The molecule has 0 saturated heterocycles. The highest BCUT2D eigenvalue weighted by molar-refractivity contribution is 6.30. The van der Waals surface area contributed by atoms with Gasteiger partial charge in [-0.25, -0.2) is 9.18 Å². The fourth-order valence-electron chi connectivity index (χ4n) is 2.66. The van der Waals surface area contributed by atoms with Gasteiger partial charge in [0, 0.05) is 29.2 Å². The van der Waals surface area contributed by atoms with Crippen molar-refractivity contribution in [1.29, 1.82) is 0 Å². The number of benzene rings is 2. The number of carbonyl (C=O) groups is 2. The Morgan fingerprint density at radius 2 is 1.96 bits per heavy atom. The van der Waals surface area contributed by atoms with Crippen LogP contribution in [0, 0.1) is 5.82 Å². The van der Waals surface area contributed by atoms with Crippen LogP contribution in [0.5, 0.6) is 0 Å². The molecule has 2 aromatic carbocycles. The van der Waals surface area contributed by atoms with Crippen LogP contribution in [0.15, 0.2) is 54.6 Å².